The molecule has 1 aliphatic rings. The van der Waals surface area contributed by atoms with E-state index in [1.54, 1.807) is 6.07 Å². The maximum Gasteiger partial charge on any atom is 0.435 e. The molecule has 2 aromatic rings. The fourth-order valence-electron chi connectivity index (χ4n) is 3.35. The Labute approximate surface area is 164 Å². The number of rotatable bonds is 5. The monoisotopic (exact) mass is 416 g/mol. The first-order valence-electron chi connectivity index (χ1n) is 9.31. The van der Waals surface area contributed by atoms with Crippen LogP contribution in [0.2, 0.25) is 0 Å². The SMILES string of the molecule is CC(C)CCn1nc(C(F)(F)F)c2c1CCC(F)(F)[C@H]2OC(=O)c1ccccc1. The second kappa shape index (κ2) is 7.76. The number of carbonyl (C=O) groups is 1. The minimum Gasteiger partial charge on any atom is -0.447 e. The minimum absolute atomic E-state index is 0.0174. The lowest BCUT2D eigenvalue weighted by molar-refractivity contribution is -0.151. The van der Waals surface area contributed by atoms with E-state index in [2.05, 4.69) is 5.10 Å². The number of benzene rings is 1. The molecule has 0 saturated heterocycles. The Hall–Kier alpha value is -2.45. The summed E-state index contributed by atoms with van der Waals surface area (Å²) in [4.78, 5) is 12.3. The maximum atomic E-state index is 14.6. The average Bonchev–Trinajstić information content (AvgIpc) is 3.02. The summed E-state index contributed by atoms with van der Waals surface area (Å²) < 4.78 is 76.2. The number of aromatic nitrogens is 2. The molecule has 0 unspecified atom stereocenters. The molecular weight excluding hydrogens is 395 g/mol. The van der Waals surface area contributed by atoms with Crippen molar-refractivity contribution in [3.63, 3.8) is 0 Å². The Kier molecular flexibility index (Phi) is 5.69. The van der Waals surface area contributed by atoms with Crippen LogP contribution < -0.4 is 0 Å². The maximum absolute atomic E-state index is 14.6. The van der Waals surface area contributed by atoms with Crippen molar-refractivity contribution in [1.82, 2.24) is 9.78 Å². The van der Waals surface area contributed by atoms with Gasteiger partial charge >= 0.3 is 12.1 Å². The molecule has 4 nitrogen and oxygen atoms in total. The third-order valence-corrected chi connectivity index (χ3v) is 4.86. The number of hydrogen-bond acceptors (Lipinski definition) is 3. The molecule has 0 amide bonds. The zero-order valence-corrected chi connectivity index (χ0v) is 16.0. The van der Waals surface area contributed by atoms with Crippen molar-refractivity contribution >= 4 is 5.97 Å². The fourth-order valence-corrected chi connectivity index (χ4v) is 3.35. The Morgan fingerprint density at radius 2 is 1.93 bits per heavy atom. The molecule has 0 aliphatic heterocycles. The Morgan fingerprint density at radius 1 is 1.28 bits per heavy atom. The van der Waals surface area contributed by atoms with E-state index in [4.69, 9.17) is 4.74 Å². The number of aryl methyl sites for hydroxylation is 1. The standard InChI is InChI=1S/C20H21F5N2O2/c1-12(2)9-11-27-14-8-10-19(21,22)17(15(14)16(26-27)20(23,24)25)29-18(28)13-6-4-3-5-7-13/h3-7,12,17H,8-11H2,1-2H3/t17-/m0/s1. The van der Waals surface area contributed by atoms with Crippen LogP contribution in [-0.2, 0) is 23.9 Å². The Bertz CT molecular complexity index is 875. The van der Waals surface area contributed by atoms with Gasteiger partial charge < -0.3 is 4.74 Å². The Morgan fingerprint density at radius 3 is 2.52 bits per heavy atom. The molecule has 0 fully saturated rings. The van der Waals surface area contributed by atoms with Gasteiger partial charge in [0.25, 0.3) is 5.92 Å². The van der Waals surface area contributed by atoms with Crippen LogP contribution in [0.1, 0.15) is 60.1 Å². The molecule has 0 bridgehead atoms. The number of alkyl halides is 5. The molecule has 1 aromatic carbocycles. The molecule has 1 atom stereocenters. The van der Waals surface area contributed by atoms with E-state index < -0.39 is 41.9 Å². The van der Waals surface area contributed by atoms with Crippen LogP contribution in [0.15, 0.2) is 30.3 Å². The summed E-state index contributed by atoms with van der Waals surface area (Å²) >= 11 is 0. The van der Waals surface area contributed by atoms with Gasteiger partial charge in [-0.25, -0.2) is 13.6 Å². The normalized spacial score (nSPS) is 18.6. The second-order valence-corrected chi connectivity index (χ2v) is 7.52. The zero-order chi connectivity index (χ0) is 21.4. The lowest BCUT2D eigenvalue weighted by Gasteiger charge is -2.32. The molecule has 158 valence electrons. The summed E-state index contributed by atoms with van der Waals surface area (Å²) in [5.74, 6) is -4.55. The molecule has 0 spiro atoms. The van der Waals surface area contributed by atoms with Gasteiger partial charge in [-0.1, -0.05) is 32.0 Å². The molecule has 1 heterocycles. The van der Waals surface area contributed by atoms with Gasteiger partial charge in [-0.3, -0.25) is 4.68 Å². The predicted molar refractivity (Wildman–Crippen MR) is 94.6 cm³/mol. The highest BCUT2D eigenvalue weighted by Gasteiger charge is 2.54. The number of hydrogen-bond donors (Lipinski definition) is 0. The summed E-state index contributed by atoms with van der Waals surface area (Å²) in [6.45, 7) is 3.97. The largest absolute Gasteiger partial charge is 0.447 e. The zero-order valence-electron chi connectivity index (χ0n) is 16.0. The summed E-state index contributed by atoms with van der Waals surface area (Å²) in [6, 6.07) is 7.32. The van der Waals surface area contributed by atoms with Gasteiger partial charge in [0.1, 0.15) is 0 Å². The van der Waals surface area contributed by atoms with Crippen LogP contribution in [0.25, 0.3) is 0 Å². The Balaban J connectivity index is 2.05. The first-order chi connectivity index (χ1) is 13.5. The molecule has 0 radical (unpaired) electrons. The number of halogens is 5. The molecule has 9 heteroatoms. The summed E-state index contributed by atoms with van der Waals surface area (Å²) in [5, 5.41) is 3.60. The van der Waals surface area contributed by atoms with Gasteiger partial charge in [0.15, 0.2) is 11.8 Å². The molecule has 1 aromatic heterocycles. The highest BCUT2D eigenvalue weighted by atomic mass is 19.4. The molecule has 1 aliphatic carbocycles. The number of carbonyl (C=O) groups excluding carboxylic acids is 1. The van der Waals surface area contributed by atoms with Gasteiger partial charge in [-0.15, -0.1) is 0 Å². The van der Waals surface area contributed by atoms with Crippen LogP contribution in [-0.4, -0.2) is 21.7 Å². The van der Waals surface area contributed by atoms with Crippen LogP contribution in [0.3, 0.4) is 0 Å². The third kappa shape index (κ3) is 4.43. The van der Waals surface area contributed by atoms with E-state index in [1.807, 2.05) is 13.8 Å². The van der Waals surface area contributed by atoms with Crippen molar-refractivity contribution in [2.45, 2.75) is 57.9 Å². The van der Waals surface area contributed by atoms with Gasteiger partial charge in [0, 0.05) is 18.7 Å². The van der Waals surface area contributed by atoms with Gasteiger partial charge in [-0.2, -0.15) is 18.3 Å². The lowest BCUT2D eigenvalue weighted by atomic mass is 9.89. The molecule has 0 N–H and O–H groups in total. The van der Waals surface area contributed by atoms with E-state index in [0.717, 1.165) is 4.68 Å². The molecule has 0 saturated carbocycles. The fraction of sp³-hybridized carbons (Fsp3) is 0.500. The molecular formula is C20H21F5N2O2. The smallest absolute Gasteiger partial charge is 0.435 e. The highest BCUT2D eigenvalue weighted by molar-refractivity contribution is 5.89. The van der Waals surface area contributed by atoms with E-state index in [9.17, 15) is 26.7 Å². The predicted octanol–water partition coefficient (Wildman–Crippen LogP) is 5.43. The van der Waals surface area contributed by atoms with Crippen LogP contribution >= 0.6 is 0 Å². The highest BCUT2D eigenvalue weighted by Crippen LogP contribution is 2.48. The van der Waals surface area contributed by atoms with Gasteiger partial charge in [0.05, 0.1) is 11.1 Å². The first kappa shape index (κ1) is 21.3. The van der Waals surface area contributed by atoms with Crippen LogP contribution in [0.4, 0.5) is 22.0 Å². The van der Waals surface area contributed by atoms with Crippen molar-refractivity contribution in [3.8, 4) is 0 Å². The van der Waals surface area contributed by atoms with Crippen molar-refractivity contribution in [2.75, 3.05) is 0 Å². The van der Waals surface area contributed by atoms with Gasteiger partial charge in [0.2, 0.25) is 0 Å². The van der Waals surface area contributed by atoms with Crippen molar-refractivity contribution in [3.05, 3.63) is 52.8 Å². The third-order valence-electron chi connectivity index (χ3n) is 4.86. The van der Waals surface area contributed by atoms with E-state index in [-0.39, 0.29) is 30.1 Å². The van der Waals surface area contributed by atoms with E-state index in [1.165, 1.54) is 24.3 Å². The first-order valence-corrected chi connectivity index (χ1v) is 9.31. The number of ether oxygens (including phenoxy) is 1. The quantitative estimate of drug-likeness (QED) is 0.482. The average molecular weight is 416 g/mol. The summed E-state index contributed by atoms with van der Waals surface area (Å²) in [6.07, 6.45) is -7.75. The van der Waals surface area contributed by atoms with Crippen LogP contribution in [0.5, 0.6) is 0 Å². The second-order valence-electron chi connectivity index (χ2n) is 7.52. The summed E-state index contributed by atoms with van der Waals surface area (Å²) in [7, 11) is 0. The lowest BCUT2D eigenvalue weighted by Crippen LogP contribution is -2.36. The van der Waals surface area contributed by atoms with E-state index in [0.29, 0.717) is 6.42 Å². The molecule has 3 rings (SSSR count). The number of nitrogens with zero attached hydrogens (tertiary/aromatic N) is 2. The van der Waals surface area contributed by atoms with Crippen molar-refractivity contribution in [2.24, 2.45) is 5.92 Å². The van der Waals surface area contributed by atoms with Gasteiger partial charge in [-0.05, 0) is 30.9 Å². The van der Waals surface area contributed by atoms with Crippen molar-refractivity contribution in [1.29, 1.82) is 0 Å². The topological polar surface area (TPSA) is 44.1 Å². The van der Waals surface area contributed by atoms with Crippen LogP contribution in [0, 0.1) is 5.92 Å². The minimum atomic E-state index is -4.95. The number of fused-ring (bicyclic) bond motifs is 1. The molecule has 29 heavy (non-hydrogen) atoms. The van der Waals surface area contributed by atoms with E-state index >= 15 is 0 Å². The summed E-state index contributed by atoms with van der Waals surface area (Å²) in [5.41, 5.74) is -2.12. The van der Waals surface area contributed by atoms with Crippen molar-refractivity contribution < 1.29 is 31.5 Å². The number of esters is 1.